The number of rotatable bonds is 10. The average Bonchev–Trinajstić information content (AvgIpc) is 3.27. The van der Waals surface area contributed by atoms with Gasteiger partial charge in [0.2, 0.25) is 0 Å². The lowest BCUT2D eigenvalue weighted by molar-refractivity contribution is -0.198. The molecule has 12 heteroatoms. The maximum absolute atomic E-state index is 13.8. The van der Waals surface area contributed by atoms with Gasteiger partial charge in [-0.15, -0.1) is 11.3 Å². The van der Waals surface area contributed by atoms with Crippen molar-refractivity contribution in [2.45, 2.75) is 35.6 Å². The van der Waals surface area contributed by atoms with Crippen molar-refractivity contribution < 1.29 is 18.6 Å². The number of ether oxygens (including phenoxy) is 3. The van der Waals surface area contributed by atoms with Crippen LogP contribution in [0.25, 0.3) is 5.70 Å². The Morgan fingerprint density at radius 3 is 2.71 bits per heavy atom. The minimum absolute atomic E-state index is 0.0459. The molecule has 3 unspecified atom stereocenters. The molecule has 0 bridgehead atoms. The van der Waals surface area contributed by atoms with Gasteiger partial charge in [0.25, 0.3) is 0 Å². The molecule has 0 aliphatic carbocycles. The second kappa shape index (κ2) is 11.2. The lowest BCUT2D eigenvalue weighted by Gasteiger charge is -2.38. The zero-order valence-electron chi connectivity index (χ0n) is 16.8. The molecule has 0 radical (unpaired) electrons. The number of nitrogens with two attached hydrogens (primary N) is 2. The van der Waals surface area contributed by atoms with Gasteiger partial charge in [-0.3, -0.25) is 0 Å². The van der Waals surface area contributed by atoms with Gasteiger partial charge in [-0.2, -0.15) is 0 Å². The molecule has 2 heterocycles. The summed E-state index contributed by atoms with van der Waals surface area (Å²) < 4.78 is 31.1. The number of aromatic nitrogens is 1. The second-order valence-corrected chi connectivity index (χ2v) is 9.67. The Morgan fingerprint density at radius 1 is 1.48 bits per heavy atom. The number of hydrogen-bond acceptors (Lipinski definition) is 9. The van der Waals surface area contributed by atoms with Gasteiger partial charge in [0.05, 0.1) is 35.0 Å². The van der Waals surface area contributed by atoms with E-state index in [2.05, 4.69) is 4.98 Å². The number of thiazole rings is 1. The van der Waals surface area contributed by atoms with E-state index in [4.69, 9.17) is 49.0 Å². The molecule has 4 atom stereocenters. The molecule has 7 nitrogen and oxygen atoms in total. The highest BCUT2D eigenvalue weighted by Gasteiger charge is 2.35. The molecule has 0 saturated carbocycles. The van der Waals surface area contributed by atoms with E-state index in [1.165, 1.54) is 40.2 Å². The summed E-state index contributed by atoms with van der Waals surface area (Å²) in [7, 11) is 1.56. The van der Waals surface area contributed by atoms with Crippen LogP contribution < -0.4 is 11.6 Å². The summed E-state index contributed by atoms with van der Waals surface area (Å²) in [5.41, 5.74) is 6.00. The van der Waals surface area contributed by atoms with Crippen LogP contribution in [-0.2, 0) is 14.2 Å². The predicted molar refractivity (Wildman–Crippen MR) is 122 cm³/mol. The summed E-state index contributed by atoms with van der Waals surface area (Å²) in [5.74, 6) is 5.49. The van der Waals surface area contributed by atoms with Crippen LogP contribution in [0.2, 0.25) is 10.0 Å². The van der Waals surface area contributed by atoms with E-state index in [0.717, 1.165) is 0 Å². The molecule has 31 heavy (non-hydrogen) atoms. The Morgan fingerprint density at radius 2 is 2.19 bits per heavy atom. The third-order valence-corrected chi connectivity index (χ3v) is 7.07. The first-order chi connectivity index (χ1) is 14.8. The highest BCUT2D eigenvalue weighted by molar-refractivity contribution is 7.99. The van der Waals surface area contributed by atoms with E-state index in [1.807, 2.05) is 12.3 Å². The number of nitrogens with zero attached hydrogens (tertiary/aromatic N) is 2. The van der Waals surface area contributed by atoms with Crippen LogP contribution in [-0.4, -0.2) is 54.0 Å². The Hall–Kier alpha value is -1.11. The van der Waals surface area contributed by atoms with Crippen molar-refractivity contribution in [3.05, 3.63) is 50.8 Å². The summed E-state index contributed by atoms with van der Waals surface area (Å²) in [4.78, 5) is 4.80. The van der Waals surface area contributed by atoms with Crippen LogP contribution in [0.5, 0.6) is 0 Å². The van der Waals surface area contributed by atoms with E-state index in [1.54, 1.807) is 19.5 Å². The van der Waals surface area contributed by atoms with Crippen molar-refractivity contribution in [3.8, 4) is 0 Å². The van der Waals surface area contributed by atoms with E-state index in [9.17, 15) is 4.39 Å². The van der Waals surface area contributed by atoms with Crippen LogP contribution in [0.4, 0.5) is 4.39 Å². The predicted octanol–water partition coefficient (Wildman–Crippen LogP) is 3.96. The summed E-state index contributed by atoms with van der Waals surface area (Å²) >= 11 is 14.6. The first-order valence-electron chi connectivity index (χ1n) is 9.28. The van der Waals surface area contributed by atoms with Crippen LogP contribution in [0.1, 0.15) is 11.9 Å². The number of halogens is 3. The minimum atomic E-state index is -0.662. The van der Waals surface area contributed by atoms with Crippen LogP contribution in [0.15, 0.2) is 34.8 Å². The van der Waals surface area contributed by atoms with Crippen LogP contribution >= 0.6 is 46.3 Å². The molecule has 0 amide bonds. The summed E-state index contributed by atoms with van der Waals surface area (Å²) in [5, 5.41) is 3.79. The maximum Gasteiger partial charge on any atom is 0.160 e. The van der Waals surface area contributed by atoms with Gasteiger partial charge < -0.3 is 25.0 Å². The zero-order valence-corrected chi connectivity index (χ0v) is 20.0. The van der Waals surface area contributed by atoms with Crippen molar-refractivity contribution in [1.82, 2.24) is 9.99 Å². The molecule has 4 N–H and O–H groups in total. The highest BCUT2D eigenvalue weighted by atomic mass is 35.5. The summed E-state index contributed by atoms with van der Waals surface area (Å²) in [6.07, 6.45) is 2.64. The summed E-state index contributed by atoms with van der Waals surface area (Å²) in [6.45, 7) is 2.67. The molecule has 170 valence electrons. The van der Waals surface area contributed by atoms with E-state index in [0.29, 0.717) is 22.2 Å². The molecule has 0 spiro atoms. The Balaban J connectivity index is 1.76. The van der Waals surface area contributed by atoms with Gasteiger partial charge in [0.15, 0.2) is 5.82 Å². The van der Waals surface area contributed by atoms with Crippen molar-refractivity contribution in [2.75, 3.05) is 20.3 Å². The van der Waals surface area contributed by atoms with E-state index in [-0.39, 0.29) is 28.8 Å². The summed E-state index contributed by atoms with van der Waals surface area (Å²) in [6, 6.07) is 3.00. The fourth-order valence-corrected chi connectivity index (χ4v) is 5.11. The monoisotopic (exact) mass is 508 g/mol. The quantitative estimate of drug-likeness (QED) is 0.163. The number of hydrazine groups is 1. The first-order valence-corrected chi connectivity index (χ1v) is 11.8. The lowest BCUT2D eigenvalue weighted by Crippen LogP contribution is -2.50. The number of methoxy groups -OCH3 is 1. The molecular weight excluding hydrogens is 486 g/mol. The number of thioether (sulfide) groups is 1. The third-order valence-electron chi connectivity index (χ3n) is 4.55. The largest absolute Gasteiger partial charge is 0.395 e. The van der Waals surface area contributed by atoms with Crippen molar-refractivity contribution in [2.24, 2.45) is 11.6 Å². The Kier molecular flexibility index (Phi) is 8.82. The molecular formula is C19H23Cl2FN4O3S2. The SMILES string of the molecule is CO[C@@H](CN(N)/C=C(\N)c1nccs1)C(OC1COC1C)Sc1cc(Cl)c(F)c(Cl)c1. The molecule has 1 aromatic carbocycles. The first kappa shape index (κ1) is 24.5. The van der Waals surface area contributed by atoms with Gasteiger partial charge >= 0.3 is 0 Å². The molecule has 2 aromatic rings. The van der Waals surface area contributed by atoms with E-state index < -0.39 is 17.4 Å². The molecule has 1 aliphatic heterocycles. The maximum atomic E-state index is 13.8. The lowest BCUT2D eigenvalue weighted by atomic mass is 10.1. The average molecular weight is 509 g/mol. The van der Waals surface area contributed by atoms with Gasteiger partial charge in [-0.25, -0.2) is 15.2 Å². The molecule has 1 saturated heterocycles. The van der Waals surface area contributed by atoms with Crippen molar-refractivity contribution in [3.63, 3.8) is 0 Å². The topological polar surface area (TPSA) is 95.9 Å². The molecule has 3 rings (SSSR count). The molecule has 1 aromatic heterocycles. The van der Waals surface area contributed by atoms with Gasteiger partial charge in [0, 0.05) is 29.8 Å². The number of hydrogen-bond donors (Lipinski definition) is 2. The van der Waals surface area contributed by atoms with Crippen molar-refractivity contribution in [1.29, 1.82) is 0 Å². The van der Waals surface area contributed by atoms with E-state index >= 15 is 0 Å². The zero-order chi connectivity index (χ0) is 22.5. The third kappa shape index (κ3) is 6.45. The smallest absolute Gasteiger partial charge is 0.160 e. The van der Waals surface area contributed by atoms with Gasteiger partial charge in [-0.1, -0.05) is 35.0 Å². The van der Waals surface area contributed by atoms with Crippen LogP contribution in [0.3, 0.4) is 0 Å². The Labute approximate surface area is 198 Å². The fraction of sp³-hybridized carbons (Fsp3) is 0.421. The van der Waals surface area contributed by atoms with Gasteiger partial charge in [0.1, 0.15) is 22.7 Å². The minimum Gasteiger partial charge on any atom is -0.395 e. The van der Waals surface area contributed by atoms with Gasteiger partial charge in [-0.05, 0) is 19.1 Å². The standard InChI is InChI=1S/C19H23Cl2FN4O3S2/c1-10-16(9-28-10)29-19(31-11-5-12(20)17(22)13(21)6-11)15(27-2)8-26(24)7-14(23)18-25-3-4-30-18/h3-7,10,15-16,19H,8-9,23-24H2,1-2H3/b14-7-/t10?,15-,16?,19?/m0/s1. The van der Waals surface area contributed by atoms with Crippen LogP contribution in [0, 0.1) is 5.82 Å². The fourth-order valence-electron chi connectivity index (χ4n) is 2.75. The second-order valence-electron chi connectivity index (χ2n) is 6.79. The normalized spacial score (nSPS) is 20.9. The number of benzene rings is 1. The Bertz CT molecular complexity index is 883. The van der Waals surface area contributed by atoms with Crippen molar-refractivity contribution >= 4 is 52.0 Å². The highest BCUT2D eigenvalue weighted by Crippen LogP contribution is 2.35. The molecule has 1 fully saturated rings. The molecule has 1 aliphatic rings.